The van der Waals surface area contributed by atoms with Crippen LogP contribution in [0.4, 0.5) is 5.82 Å². The quantitative estimate of drug-likeness (QED) is 0.631. The van der Waals surface area contributed by atoms with Crippen molar-refractivity contribution < 1.29 is 0 Å². The second kappa shape index (κ2) is 4.34. The zero-order valence-corrected chi connectivity index (χ0v) is 8.20. The number of nitrogens with zero attached hydrogens (tertiary/aromatic N) is 2. The average Bonchev–Trinajstić information content (AvgIpc) is 2.63. The standard InChI is InChI=1S/C9H15N5/c1-7-8(6-12-13-7)5-10-9-3-2-4-11-14-9/h2-4,7-8,12-13H,5-6H2,1H3,(H,10,14). The molecule has 5 heteroatoms. The van der Waals surface area contributed by atoms with E-state index in [0.717, 1.165) is 18.9 Å². The van der Waals surface area contributed by atoms with E-state index in [0.29, 0.717) is 12.0 Å². The molecule has 1 aromatic heterocycles. The van der Waals surface area contributed by atoms with Crippen molar-refractivity contribution in [2.75, 3.05) is 18.4 Å². The van der Waals surface area contributed by atoms with Crippen molar-refractivity contribution in [1.82, 2.24) is 21.0 Å². The first-order chi connectivity index (χ1) is 6.86. The zero-order chi connectivity index (χ0) is 9.80. The molecule has 0 spiro atoms. The van der Waals surface area contributed by atoms with Gasteiger partial charge < -0.3 is 5.32 Å². The van der Waals surface area contributed by atoms with Crippen LogP contribution in [-0.2, 0) is 0 Å². The van der Waals surface area contributed by atoms with Gasteiger partial charge in [0.1, 0.15) is 5.82 Å². The number of aromatic nitrogens is 2. The summed E-state index contributed by atoms with van der Waals surface area (Å²) in [6.07, 6.45) is 1.67. The second-order valence-corrected chi connectivity index (χ2v) is 3.56. The Morgan fingerprint density at radius 2 is 2.57 bits per heavy atom. The maximum atomic E-state index is 3.96. The molecule has 5 nitrogen and oxygen atoms in total. The third-order valence-corrected chi connectivity index (χ3v) is 2.52. The Morgan fingerprint density at radius 3 is 3.21 bits per heavy atom. The van der Waals surface area contributed by atoms with E-state index in [2.05, 4.69) is 33.3 Å². The average molecular weight is 193 g/mol. The second-order valence-electron chi connectivity index (χ2n) is 3.56. The molecule has 76 valence electrons. The molecular formula is C9H15N5. The van der Waals surface area contributed by atoms with E-state index in [1.54, 1.807) is 6.20 Å². The molecule has 1 aromatic rings. The SMILES string of the molecule is CC1NNCC1CNc1cccnn1. The lowest BCUT2D eigenvalue weighted by Crippen LogP contribution is -2.30. The number of anilines is 1. The summed E-state index contributed by atoms with van der Waals surface area (Å²) < 4.78 is 0. The van der Waals surface area contributed by atoms with Crippen LogP contribution in [-0.4, -0.2) is 29.3 Å². The Labute approximate surface area is 83.3 Å². The first-order valence-corrected chi connectivity index (χ1v) is 4.86. The number of hydrazine groups is 1. The largest absolute Gasteiger partial charge is 0.368 e. The molecule has 0 saturated carbocycles. The highest BCUT2D eigenvalue weighted by atomic mass is 15.4. The highest BCUT2D eigenvalue weighted by Gasteiger charge is 2.21. The molecule has 1 fully saturated rings. The van der Waals surface area contributed by atoms with Crippen molar-refractivity contribution >= 4 is 5.82 Å². The fourth-order valence-corrected chi connectivity index (χ4v) is 1.53. The first-order valence-electron chi connectivity index (χ1n) is 4.86. The van der Waals surface area contributed by atoms with Crippen LogP contribution in [0.3, 0.4) is 0 Å². The molecule has 0 bridgehead atoms. The number of hydrogen-bond acceptors (Lipinski definition) is 5. The predicted octanol–water partition coefficient (Wildman–Crippen LogP) is 0.001000. The summed E-state index contributed by atoms with van der Waals surface area (Å²) in [6.45, 7) is 4.08. The predicted molar refractivity (Wildman–Crippen MR) is 54.6 cm³/mol. The molecule has 2 atom stereocenters. The maximum absolute atomic E-state index is 3.96. The summed E-state index contributed by atoms with van der Waals surface area (Å²) in [5, 5.41) is 11.0. The van der Waals surface area contributed by atoms with Gasteiger partial charge in [0, 0.05) is 31.2 Å². The number of rotatable bonds is 3. The lowest BCUT2D eigenvalue weighted by atomic mass is 10.0. The highest BCUT2D eigenvalue weighted by Crippen LogP contribution is 2.08. The summed E-state index contributed by atoms with van der Waals surface area (Å²) in [7, 11) is 0. The number of nitrogens with one attached hydrogen (secondary N) is 3. The van der Waals surface area contributed by atoms with Crippen molar-refractivity contribution in [2.24, 2.45) is 5.92 Å². The minimum Gasteiger partial charge on any atom is -0.368 e. The third-order valence-electron chi connectivity index (χ3n) is 2.52. The fourth-order valence-electron chi connectivity index (χ4n) is 1.53. The molecule has 14 heavy (non-hydrogen) atoms. The minimum absolute atomic E-state index is 0.499. The first kappa shape index (κ1) is 9.36. The van der Waals surface area contributed by atoms with E-state index in [1.807, 2.05) is 12.1 Å². The molecular weight excluding hydrogens is 178 g/mol. The Morgan fingerprint density at radius 1 is 1.64 bits per heavy atom. The molecule has 0 aliphatic carbocycles. The van der Waals surface area contributed by atoms with Crippen LogP contribution in [0.25, 0.3) is 0 Å². The van der Waals surface area contributed by atoms with Crippen LogP contribution in [0.1, 0.15) is 6.92 Å². The Balaban J connectivity index is 1.82. The van der Waals surface area contributed by atoms with Gasteiger partial charge in [0.15, 0.2) is 0 Å². The van der Waals surface area contributed by atoms with Gasteiger partial charge in [-0.1, -0.05) is 0 Å². The smallest absolute Gasteiger partial charge is 0.148 e. The summed E-state index contributed by atoms with van der Waals surface area (Å²) in [6, 6.07) is 4.30. The molecule has 1 saturated heterocycles. The Kier molecular flexibility index (Phi) is 2.90. The number of hydrogen-bond donors (Lipinski definition) is 3. The molecule has 1 aliphatic heterocycles. The van der Waals surface area contributed by atoms with Gasteiger partial charge in [-0.05, 0) is 19.1 Å². The van der Waals surface area contributed by atoms with E-state index < -0.39 is 0 Å². The van der Waals surface area contributed by atoms with Crippen LogP contribution < -0.4 is 16.2 Å². The van der Waals surface area contributed by atoms with Crippen LogP contribution in [0.2, 0.25) is 0 Å². The van der Waals surface area contributed by atoms with E-state index in [9.17, 15) is 0 Å². The van der Waals surface area contributed by atoms with Gasteiger partial charge in [-0.25, -0.2) is 0 Å². The maximum Gasteiger partial charge on any atom is 0.148 e. The monoisotopic (exact) mass is 193 g/mol. The molecule has 2 rings (SSSR count). The Hall–Kier alpha value is -1.20. The molecule has 2 unspecified atom stereocenters. The zero-order valence-electron chi connectivity index (χ0n) is 8.20. The Bertz CT molecular complexity index is 276. The minimum atomic E-state index is 0.499. The van der Waals surface area contributed by atoms with Gasteiger partial charge in [-0.15, -0.1) is 5.10 Å². The fraction of sp³-hybridized carbons (Fsp3) is 0.556. The summed E-state index contributed by atoms with van der Waals surface area (Å²) in [5.74, 6) is 1.43. The van der Waals surface area contributed by atoms with Crippen LogP contribution in [0, 0.1) is 5.92 Å². The van der Waals surface area contributed by atoms with Gasteiger partial charge in [-0.3, -0.25) is 10.9 Å². The van der Waals surface area contributed by atoms with Crippen LogP contribution >= 0.6 is 0 Å². The van der Waals surface area contributed by atoms with E-state index >= 15 is 0 Å². The van der Waals surface area contributed by atoms with Crippen molar-refractivity contribution in [3.8, 4) is 0 Å². The lowest BCUT2D eigenvalue weighted by molar-refractivity contribution is 0.508. The van der Waals surface area contributed by atoms with Crippen molar-refractivity contribution in [2.45, 2.75) is 13.0 Å². The van der Waals surface area contributed by atoms with Gasteiger partial charge in [0.25, 0.3) is 0 Å². The topological polar surface area (TPSA) is 61.9 Å². The van der Waals surface area contributed by atoms with Gasteiger partial charge >= 0.3 is 0 Å². The lowest BCUT2D eigenvalue weighted by Gasteiger charge is -2.14. The van der Waals surface area contributed by atoms with E-state index in [-0.39, 0.29) is 0 Å². The van der Waals surface area contributed by atoms with E-state index in [1.165, 1.54) is 0 Å². The summed E-state index contributed by atoms with van der Waals surface area (Å²) in [4.78, 5) is 0. The van der Waals surface area contributed by atoms with Gasteiger partial charge in [-0.2, -0.15) is 5.10 Å². The molecule has 0 radical (unpaired) electrons. The van der Waals surface area contributed by atoms with Crippen LogP contribution in [0.5, 0.6) is 0 Å². The normalized spacial score (nSPS) is 26.4. The third kappa shape index (κ3) is 2.18. The van der Waals surface area contributed by atoms with Crippen molar-refractivity contribution in [3.63, 3.8) is 0 Å². The van der Waals surface area contributed by atoms with Gasteiger partial charge in [0.2, 0.25) is 0 Å². The molecule has 0 aromatic carbocycles. The summed E-state index contributed by atoms with van der Waals surface area (Å²) in [5.41, 5.74) is 6.31. The molecule has 2 heterocycles. The van der Waals surface area contributed by atoms with Crippen molar-refractivity contribution in [3.05, 3.63) is 18.3 Å². The molecule has 1 aliphatic rings. The van der Waals surface area contributed by atoms with Crippen LogP contribution in [0.15, 0.2) is 18.3 Å². The van der Waals surface area contributed by atoms with Gasteiger partial charge in [0.05, 0.1) is 0 Å². The van der Waals surface area contributed by atoms with E-state index in [4.69, 9.17) is 0 Å². The highest BCUT2D eigenvalue weighted by molar-refractivity contribution is 5.31. The van der Waals surface area contributed by atoms with Crippen molar-refractivity contribution in [1.29, 1.82) is 0 Å². The molecule has 0 amide bonds. The molecule has 3 N–H and O–H groups in total. The summed E-state index contributed by atoms with van der Waals surface area (Å²) >= 11 is 0.